The molecule has 0 unspecified atom stereocenters. The number of nitrogens with zero attached hydrogens (tertiary/aromatic N) is 2. The minimum absolute atomic E-state index is 0.0186. The number of ketones is 1. The Hall–Kier alpha value is -1.89. The normalized spacial score (nSPS) is 10.5. The molecule has 0 aliphatic heterocycles. The first-order chi connectivity index (χ1) is 9.04. The van der Waals surface area contributed by atoms with Crippen LogP contribution in [0.15, 0.2) is 22.9 Å². The lowest BCUT2D eigenvalue weighted by Gasteiger charge is -2.07. The molecule has 0 atom stereocenters. The second-order valence-electron chi connectivity index (χ2n) is 3.83. The Morgan fingerprint density at radius 2 is 2.16 bits per heavy atom. The molecule has 0 aliphatic carbocycles. The van der Waals surface area contributed by atoms with Crippen LogP contribution in [0.3, 0.4) is 0 Å². The van der Waals surface area contributed by atoms with Crippen molar-refractivity contribution in [1.29, 1.82) is 0 Å². The Labute approximate surface area is 117 Å². The summed E-state index contributed by atoms with van der Waals surface area (Å²) in [6.07, 6.45) is 1.42. The molecule has 0 N–H and O–H groups in total. The molecule has 2 aromatic heterocycles. The summed E-state index contributed by atoms with van der Waals surface area (Å²) in [4.78, 5) is 22.4. The number of carbonyl (C=O) groups excluding carboxylic acids is 2. The topological polar surface area (TPSA) is 69.9 Å². The fourth-order valence-corrected chi connectivity index (χ4v) is 2.09. The third-order valence-electron chi connectivity index (χ3n) is 2.42. The molecule has 6 nitrogen and oxygen atoms in total. The maximum absolute atomic E-state index is 11.5. The van der Waals surface area contributed by atoms with E-state index in [1.807, 2.05) is 0 Å². The van der Waals surface area contributed by atoms with Gasteiger partial charge in [-0.3, -0.25) is 4.79 Å². The summed E-state index contributed by atoms with van der Waals surface area (Å²) in [5.74, 6) is -0.0655. The Morgan fingerprint density at radius 3 is 2.79 bits per heavy atom. The third kappa shape index (κ3) is 2.60. The molecular weight excluding hydrogens is 316 g/mol. The Balaban J connectivity index is 2.43. The molecule has 2 rings (SSSR count). The van der Waals surface area contributed by atoms with Gasteiger partial charge in [0, 0.05) is 0 Å². The Morgan fingerprint density at radius 1 is 1.42 bits per heavy atom. The van der Waals surface area contributed by atoms with E-state index in [-0.39, 0.29) is 12.4 Å². The van der Waals surface area contributed by atoms with Crippen LogP contribution in [0.25, 0.3) is 5.52 Å². The average molecular weight is 327 g/mol. The highest BCUT2D eigenvalue weighted by atomic mass is 79.9. The van der Waals surface area contributed by atoms with E-state index in [2.05, 4.69) is 25.8 Å². The summed E-state index contributed by atoms with van der Waals surface area (Å²) in [7, 11) is 1.31. The van der Waals surface area contributed by atoms with Gasteiger partial charge in [0.15, 0.2) is 11.5 Å². The molecule has 2 heterocycles. The van der Waals surface area contributed by atoms with Crippen molar-refractivity contribution >= 4 is 33.2 Å². The molecule has 0 amide bonds. The van der Waals surface area contributed by atoms with Crippen molar-refractivity contribution in [3.05, 3.63) is 28.5 Å². The van der Waals surface area contributed by atoms with Crippen LogP contribution in [0.5, 0.6) is 5.75 Å². The number of fused-ring (bicyclic) bond motifs is 1. The van der Waals surface area contributed by atoms with E-state index in [1.165, 1.54) is 24.7 Å². The predicted octanol–water partition coefficient (Wildman–Crippen LogP) is 1.85. The molecule has 0 aliphatic rings. The number of ether oxygens (including phenoxy) is 2. The van der Waals surface area contributed by atoms with Gasteiger partial charge in [-0.15, -0.1) is 0 Å². The van der Waals surface area contributed by atoms with E-state index in [0.717, 1.165) is 0 Å². The second kappa shape index (κ2) is 5.40. The number of halogens is 1. The van der Waals surface area contributed by atoms with Gasteiger partial charge < -0.3 is 9.47 Å². The van der Waals surface area contributed by atoms with Crippen molar-refractivity contribution in [1.82, 2.24) is 9.61 Å². The molecule has 0 aromatic carbocycles. The third-order valence-corrected chi connectivity index (χ3v) is 3.15. The van der Waals surface area contributed by atoms with Gasteiger partial charge in [-0.05, 0) is 35.0 Å². The standard InChI is InChI=1S/C12H11BrN2O4/c1-7(16)6-19-10-4-3-9-8(12(17)18-2)5-14-15(9)11(10)13/h3-5H,6H2,1-2H3. The van der Waals surface area contributed by atoms with Crippen LogP contribution in [0.4, 0.5) is 0 Å². The van der Waals surface area contributed by atoms with E-state index in [0.29, 0.717) is 21.4 Å². The first-order valence-corrected chi connectivity index (χ1v) is 6.20. The van der Waals surface area contributed by atoms with Gasteiger partial charge in [0.25, 0.3) is 0 Å². The van der Waals surface area contributed by atoms with Gasteiger partial charge >= 0.3 is 5.97 Å². The van der Waals surface area contributed by atoms with E-state index >= 15 is 0 Å². The van der Waals surface area contributed by atoms with E-state index in [4.69, 9.17) is 4.74 Å². The monoisotopic (exact) mass is 326 g/mol. The van der Waals surface area contributed by atoms with Gasteiger partial charge in [0.2, 0.25) is 0 Å². The van der Waals surface area contributed by atoms with Crippen molar-refractivity contribution in [2.45, 2.75) is 6.92 Å². The van der Waals surface area contributed by atoms with Crippen LogP contribution in [-0.4, -0.2) is 35.1 Å². The van der Waals surface area contributed by atoms with Gasteiger partial charge in [-0.2, -0.15) is 5.10 Å². The van der Waals surface area contributed by atoms with E-state index in [1.54, 1.807) is 12.1 Å². The van der Waals surface area contributed by atoms with Crippen molar-refractivity contribution in [2.75, 3.05) is 13.7 Å². The lowest BCUT2D eigenvalue weighted by Crippen LogP contribution is -2.08. The van der Waals surface area contributed by atoms with Crippen LogP contribution in [0, 0.1) is 0 Å². The molecule has 0 spiro atoms. The van der Waals surface area contributed by atoms with E-state index in [9.17, 15) is 9.59 Å². The smallest absolute Gasteiger partial charge is 0.341 e. The first kappa shape index (κ1) is 13.5. The molecule has 0 bridgehead atoms. The number of hydrogen-bond acceptors (Lipinski definition) is 5. The van der Waals surface area contributed by atoms with Gasteiger partial charge in [-0.25, -0.2) is 9.31 Å². The van der Waals surface area contributed by atoms with Gasteiger partial charge in [-0.1, -0.05) is 0 Å². The van der Waals surface area contributed by atoms with Crippen LogP contribution in [0.2, 0.25) is 0 Å². The summed E-state index contributed by atoms with van der Waals surface area (Å²) in [6.45, 7) is 1.42. The quantitative estimate of drug-likeness (QED) is 0.633. The predicted molar refractivity (Wildman–Crippen MR) is 70.4 cm³/mol. The SMILES string of the molecule is COC(=O)c1cnn2c(Br)c(OCC(C)=O)ccc12. The van der Waals surface area contributed by atoms with Crippen molar-refractivity contribution in [3.63, 3.8) is 0 Å². The molecular formula is C12H11BrN2O4. The molecule has 0 saturated carbocycles. The lowest BCUT2D eigenvalue weighted by atomic mass is 10.2. The number of pyridine rings is 1. The number of esters is 1. The van der Waals surface area contributed by atoms with Crippen molar-refractivity contribution < 1.29 is 19.1 Å². The molecule has 100 valence electrons. The Bertz CT molecular complexity index is 650. The summed E-state index contributed by atoms with van der Waals surface area (Å²) in [6, 6.07) is 3.34. The molecule has 19 heavy (non-hydrogen) atoms. The zero-order valence-electron chi connectivity index (χ0n) is 10.3. The molecule has 2 aromatic rings. The minimum Gasteiger partial charge on any atom is -0.483 e. The summed E-state index contributed by atoms with van der Waals surface area (Å²) >= 11 is 3.33. The number of hydrogen-bond donors (Lipinski definition) is 0. The highest BCUT2D eigenvalue weighted by Crippen LogP contribution is 2.27. The average Bonchev–Trinajstić information content (AvgIpc) is 2.81. The number of rotatable bonds is 4. The highest BCUT2D eigenvalue weighted by molar-refractivity contribution is 9.10. The lowest BCUT2D eigenvalue weighted by molar-refractivity contribution is -0.118. The number of carbonyl (C=O) groups is 2. The van der Waals surface area contributed by atoms with Gasteiger partial charge in [0.05, 0.1) is 18.8 Å². The van der Waals surface area contributed by atoms with Gasteiger partial charge in [0.1, 0.15) is 16.8 Å². The highest BCUT2D eigenvalue weighted by Gasteiger charge is 2.16. The second-order valence-corrected chi connectivity index (χ2v) is 4.58. The maximum atomic E-state index is 11.5. The zero-order valence-corrected chi connectivity index (χ0v) is 11.9. The van der Waals surface area contributed by atoms with E-state index < -0.39 is 5.97 Å². The fourth-order valence-electron chi connectivity index (χ4n) is 1.56. The van der Waals surface area contributed by atoms with Crippen LogP contribution >= 0.6 is 15.9 Å². The summed E-state index contributed by atoms with van der Waals surface area (Å²) in [5, 5.41) is 4.08. The number of aromatic nitrogens is 2. The molecule has 0 radical (unpaired) electrons. The van der Waals surface area contributed by atoms with Crippen molar-refractivity contribution in [2.24, 2.45) is 0 Å². The summed E-state index contributed by atoms with van der Waals surface area (Å²) < 4.78 is 12.0. The van der Waals surface area contributed by atoms with Crippen LogP contribution in [0.1, 0.15) is 17.3 Å². The zero-order chi connectivity index (χ0) is 14.0. The number of methoxy groups -OCH3 is 1. The van der Waals surface area contributed by atoms with Crippen molar-refractivity contribution in [3.8, 4) is 5.75 Å². The molecule has 0 saturated heterocycles. The number of Topliss-reactive ketones (excluding diaryl/α,β-unsaturated/α-hetero) is 1. The maximum Gasteiger partial charge on any atom is 0.341 e. The summed E-state index contributed by atoms with van der Waals surface area (Å²) in [5.41, 5.74) is 0.954. The molecule has 7 heteroatoms. The minimum atomic E-state index is -0.459. The first-order valence-electron chi connectivity index (χ1n) is 5.41. The van der Waals surface area contributed by atoms with Crippen LogP contribution < -0.4 is 4.74 Å². The molecule has 0 fully saturated rings. The fraction of sp³-hybridized carbons (Fsp3) is 0.250. The largest absolute Gasteiger partial charge is 0.483 e. The van der Waals surface area contributed by atoms with Crippen LogP contribution in [-0.2, 0) is 9.53 Å². The Kier molecular flexibility index (Phi) is 3.84.